The molecule has 21 heavy (non-hydrogen) atoms. The molecule has 0 radical (unpaired) electrons. The fraction of sp³-hybridized carbons (Fsp3) is 0.308. The number of carbonyl (C=O) groups excluding carboxylic acids is 1. The first-order chi connectivity index (χ1) is 10.2. The molecule has 0 aliphatic heterocycles. The number of thioether (sulfide) groups is 2. The molecule has 1 aromatic heterocycles. The van der Waals surface area contributed by atoms with E-state index in [1.165, 1.54) is 47.4 Å². The van der Waals surface area contributed by atoms with E-state index < -0.39 is 0 Å². The Hall–Kier alpha value is -1.12. The minimum Gasteiger partial charge on any atom is -0.325 e. The molecule has 0 saturated carbocycles. The molecule has 0 aliphatic rings. The van der Waals surface area contributed by atoms with Crippen LogP contribution in [0.15, 0.2) is 32.9 Å². The lowest BCUT2D eigenvalue weighted by Gasteiger charge is -2.03. The van der Waals surface area contributed by atoms with Crippen molar-refractivity contribution in [3.63, 3.8) is 0 Å². The van der Waals surface area contributed by atoms with Crippen LogP contribution in [-0.2, 0) is 4.79 Å². The summed E-state index contributed by atoms with van der Waals surface area (Å²) in [7, 11) is 0. The number of nitrogens with one attached hydrogen (secondary N) is 1. The lowest BCUT2D eigenvalue weighted by Crippen LogP contribution is -2.13. The van der Waals surface area contributed by atoms with E-state index in [4.69, 9.17) is 0 Å². The van der Waals surface area contributed by atoms with Gasteiger partial charge in [0, 0.05) is 11.4 Å². The molecule has 0 fully saturated rings. The van der Waals surface area contributed by atoms with Gasteiger partial charge in [0.05, 0.1) is 5.75 Å². The fourth-order valence-corrected chi connectivity index (χ4v) is 4.11. The molecule has 0 aliphatic carbocycles. The highest BCUT2D eigenvalue weighted by molar-refractivity contribution is 8.03. The second kappa shape index (κ2) is 8.35. The van der Waals surface area contributed by atoms with Gasteiger partial charge in [0.2, 0.25) is 5.91 Å². The molecule has 2 aromatic rings. The summed E-state index contributed by atoms with van der Waals surface area (Å²) in [4.78, 5) is 11.8. The Morgan fingerprint density at radius 3 is 2.57 bits per heavy atom. The Morgan fingerprint density at radius 2 is 1.90 bits per heavy atom. The van der Waals surface area contributed by atoms with E-state index in [0.717, 1.165) is 20.9 Å². The number of nitrogens with zero attached hydrogens (tertiary/aromatic N) is 2. The zero-order valence-electron chi connectivity index (χ0n) is 11.3. The molecule has 0 unspecified atom stereocenters. The first-order valence-electron chi connectivity index (χ1n) is 6.32. The van der Waals surface area contributed by atoms with Gasteiger partial charge in [-0.25, -0.2) is 4.39 Å². The summed E-state index contributed by atoms with van der Waals surface area (Å²) < 4.78 is 14.5. The molecular weight excluding hydrogens is 329 g/mol. The van der Waals surface area contributed by atoms with Crippen LogP contribution in [0.2, 0.25) is 0 Å². The van der Waals surface area contributed by atoms with Crippen LogP contribution < -0.4 is 5.32 Å². The van der Waals surface area contributed by atoms with E-state index in [-0.39, 0.29) is 17.5 Å². The van der Waals surface area contributed by atoms with E-state index >= 15 is 0 Å². The van der Waals surface area contributed by atoms with Crippen molar-refractivity contribution >= 4 is 46.5 Å². The van der Waals surface area contributed by atoms with Crippen LogP contribution in [0, 0.1) is 5.82 Å². The number of benzene rings is 1. The van der Waals surface area contributed by atoms with Gasteiger partial charge in [-0.1, -0.05) is 41.8 Å². The van der Waals surface area contributed by atoms with Crippen LogP contribution >= 0.6 is 34.9 Å². The van der Waals surface area contributed by atoms with Crippen molar-refractivity contribution in [3.8, 4) is 0 Å². The molecule has 1 heterocycles. The minimum absolute atomic E-state index is 0.149. The van der Waals surface area contributed by atoms with Gasteiger partial charge in [0.25, 0.3) is 0 Å². The summed E-state index contributed by atoms with van der Waals surface area (Å²) in [6.45, 7) is 2.11. The highest BCUT2D eigenvalue weighted by Gasteiger charge is 2.08. The first kappa shape index (κ1) is 16.3. The van der Waals surface area contributed by atoms with Crippen molar-refractivity contribution in [1.29, 1.82) is 0 Å². The average molecular weight is 343 g/mol. The summed E-state index contributed by atoms with van der Waals surface area (Å²) >= 11 is 4.52. The Balaban J connectivity index is 1.78. The molecule has 8 heteroatoms. The van der Waals surface area contributed by atoms with Crippen LogP contribution in [0.3, 0.4) is 0 Å². The van der Waals surface area contributed by atoms with Crippen molar-refractivity contribution in [2.24, 2.45) is 0 Å². The third-order valence-corrected chi connectivity index (χ3v) is 5.67. The zero-order valence-corrected chi connectivity index (χ0v) is 13.8. The van der Waals surface area contributed by atoms with Gasteiger partial charge < -0.3 is 5.32 Å². The van der Waals surface area contributed by atoms with Crippen LogP contribution in [-0.4, -0.2) is 27.6 Å². The normalized spacial score (nSPS) is 10.6. The number of rotatable bonds is 7. The Morgan fingerprint density at radius 1 is 1.24 bits per heavy atom. The number of carbonyl (C=O) groups is 1. The summed E-state index contributed by atoms with van der Waals surface area (Å²) in [5.41, 5.74) is 0.582. The van der Waals surface area contributed by atoms with E-state index in [2.05, 4.69) is 22.4 Å². The average Bonchev–Trinajstić information content (AvgIpc) is 2.93. The maximum Gasteiger partial charge on any atom is 0.234 e. The minimum atomic E-state index is -0.326. The summed E-state index contributed by atoms with van der Waals surface area (Å²) in [5.74, 6) is 0.798. The van der Waals surface area contributed by atoms with Crippen molar-refractivity contribution in [2.45, 2.75) is 22.0 Å². The molecule has 0 bridgehead atoms. The molecule has 4 nitrogen and oxygen atoms in total. The highest BCUT2D eigenvalue weighted by Crippen LogP contribution is 2.29. The SMILES string of the molecule is CCCSc1nnc(SCC(=O)Nc2ccc(F)cc2)s1. The second-order valence-corrected chi connectivity index (χ2v) is 7.57. The van der Waals surface area contributed by atoms with E-state index in [0.29, 0.717) is 5.69 Å². The predicted molar refractivity (Wildman–Crippen MR) is 86.7 cm³/mol. The molecule has 1 amide bonds. The van der Waals surface area contributed by atoms with E-state index in [1.807, 2.05) is 0 Å². The highest BCUT2D eigenvalue weighted by atomic mass is 32.2. The summed E-state index contributed by atoms with van der Waals surface area (Å²) in [6, 6.07) is 5.68. The van der Waals surface area contributed by atoms with Crippen molar-refractivity contribution in [2.75, 3.05) is 16.8 Å². The number of amides is 1. The quantitative estimate of drug-likeness (QED) is 0.773. The Bertz CT molecular complexity index is 589. The lowest BCUT2D eigenvalue weighted by atomic mass is 10.3. The molecular formula is C13H14FN3OS3. The zero-order chi connectivity index (χ0) is 15.1. The van der Waals surface area contributed by atoms with Gasteiger partial charge >= 0.3 is 0 Å². The first-order valence-corrected chi connectivity index (χ1v) is 9.10. The third-order valence-electron chi connectivity index (χ3n) is 2.27. The summed E-state index contributed by atoms with van der Waals surface area (Å²) in [5, 5.41) is 10.8. The molecule has 1 aromatic carbocycles. The molecule has 0 atom stereocenters. The van der Waals surface area contributed by atoms with Crippen molar-refractivity contribution < 1.29 is 9.18 Å². The Kier molecular flexibility index (Phi) is 6.47. The van der Waals surface area contributed by atoms with Gasteiger partial charge in [0.1, 0.15) is 5.82 Å². The molecule has 1 N–H and O–H groups in total. The molecule has 0 saturated heterocycles. The molecule has 112 valence electrons. The second-order valence-electron chi connectivity index (χ2n) is 4.03. The predicted octanol–water partition coefficient (Wildman–Crippen LogP) is 3.91. The number of halogens is 1. The van der Waals surface area contributed by atoms with Crippen LogP contribution in [0.25, 0.3) is 0 Å². The van der Waals surface area contributed by atoms with Crippen LogP contribution in [0.1, 0.15) is 13.3 Å². The van der Waals surface area contributed by atoms with Crippen molar-refractivity contribution in [1.82, 2.24) is 10.2 Å². The van der Waals surface area contributed by atoms with Gasteiger partial charge in [-0.3, -0.25) is 4.79 Å². The van der Waals surface area contributed by atoms with Gasteiger partial charge in [-0.05, 0) is 30.7 Å². The molecule has 2 rings (SSSR count). The van der Waals surface area contributed by atoms with Crippen LogP contribution in [0.5, 0.6) is 0 Å². The smallest absolute Gasteiger partial charge is 0.234 e. The largest absolute Gasteiger partial charge is 0.325 e. The lowest BCUT2D eigenvalue weighted by molar-refractivity contribution is -0.113. The topological polar surface area (TPSA) is 54.9 Å². The van der Waals surface area contributed by atoms with Gasteiger partial charge in [-0.2, -0.15) is 0 Å². The standard InChI is InChI=1S/C13H14FN3OS3/c1-2-7-19-12-16-17-13(21-12)20-8-11(18)15-10-5-3-9(14)4-6-10/h3-6H,2,7-8H2,1H3,(H,15,18). The maximum absolute atomic E-state index is 12.8. The third kappa shape index (κ3) is 5.64. The van der Waals surface area contributed by atoms with Gasteiger partial charge in [-0.15, -0.1) is 10.2 Å². The number of anilines is 1. The Labute approximate surface area is 134 Å². The monoisotopic (exact) mass is 343 g/mol. The number of hydrogen-bond acceptors (Lipinski definition) is 6. The summed E-state index contributed by atoms with van der Waals surface area (Å²) in [6.07, 6.45) is 1.09. The number of hydrogen-bond donors (Lipinski definition) is 1. The maximum atomic E-state index is 12.8. The van der Waals surface area contributed by atoms with E-state index in [9.17, 15) is 9.18 Å². The van der Waals surface area contributed by atoms with Crippen molar-refractivity contribution in [3.05, 3.63) is 30.1 Å². The van der Waals surface area contributed by atoms with E-state index in [1.54, 1.807) is 11.8 Å². The van der Waals surface area contributed by atoms with Crippen LogP contribution in [0.4, 0.5) is 10.1 Å². The van der Waals surface area contributed by atoms with Gasteiger partial charge in [0.15, 0.2) is 8.68 Å². The fourth-order valence-electron chi connectivity index (χ4n) is 1.36. The molecule has 0 spiro atoms. The number of aromatic nitrogens is 2.